The number of esters is 1. The number of nitrogens with one attached hydrogen (secondary N) is 1. The molecule has 34 heavy (non-hydrogen) atoms. The highest BCUT2D eigenvalue weighted by atomic mass is 32.2. The first-order chi connectivity index (χ1) is 16.1. The van der Waals surface area contributed by atoms with Gasteiger partial charge in [-0.15, -0.1) is 0 Å². The van der Waals surface area contributed by atoms with Crippen LogP contribution in [0.25, 0.3) is 0 Å². The predicted octanol–water partition coefficient (Wildman–Crippen LogP) is 3.60. The normalized spacial score (nSPS) is 35.2. The Labute approximate surface area is 202 Å². The van der Waals surface area contributed by atoms with E-state index in [1.807, 2.05) is 0 Å². The predicted molar refractivity (Wildman–Crippen MR) is 127 cm³/mol. The lowest BCUT2D eigenvalue weighted by molar-refractivity contribution is -0.130. The van der Waals surface area contributed by atoms with Crippen molar-refractivity contribution in [2.75, 3.05) is 19.7 Å². The smallest absolute Gasteiger partial charge is 0.338 e. The molecule has 5 fully saturated rings. The Morgan fingerprint density at radius 3 is 2.18 bits per heavy atom. The second-order valence-corrected chi connectivity index (χ2v) is 13.6. The van der Waals surface area contributed by atoms with E-state index < -0.39 is 16.0 Å². The number of piperidine rings is 1. The highest BCUT2D eigenvalue weighted by Crippen LogP contribution is 2.55. The van der Waals surface area contributed by atoms with Crippen molar-refractivity contribution >= 4 is 21.9 Å². The van der Waals surface area contributed by atoms with Gasteiger partial charge in [0.25, 0.3) is 5.91 Å². The van der Waals surface area contributed by atoms with Crippen LogP contribution in [0.4, 0.5) is 0 Å². The SMILES string of the molecule is C[C@@H]1C[C@@H](C)CN(S(=O)(=O)c2cccc(C(=O)OCC(=O)NC34CC5CC(CC(C5)C3)C4)c2)C1. The van der Waals surface area contributed by atoms with Crippen molar-refractivity contribution in [3.63, 3.8) is 0 Å². The van der Waals surface area contributed by atoms with Crippen LogP contribution in [-0.4, -0.2) is 49.8 Å². The zero-order chi connectivity index (χ0) is 24.1. The number of ether oxygens (including phenoxy) is 1. The van der Waals surface area contributed by atoms with Gasteiger partial charge in [0.05, 0.1) is 10.5 Å². The number of benzene rings is 1. The standard InChI is InChI=1S/C26H36N2O5S/c1-17-6-18(2)15-28(14-17)34(31,32)23-5-3-4-22(10-23)25(30)33-16-24(29)27-26-11-19-7-20(12-26)9-21(8-19)13-26/h3-5,10,17-21H,6-9,11-16H2,1-2H3,(H,27,29)/t17-,18-,19?,20?,21?,26?/m1/s1. The highest BCUT2D eigenvalue weighted by molar-refractivity contribution is 7.89. The zero-order valence-electron chi connectivity index (χ0n) is 20.2. The summed E-state index contributed by atoms with van der Waals surface area (Å²) in [6.45, 7) is 4.72. The molecule has 1 aromatic rings. The molecule has 5 aliphatic rings. The molecular formula is C26H36N2O5S. The van der Waals surface area contributed by atoms with Crippen LogP contribution in [0.3, 0.4) is 0 Å². The number of rotatable bonds is 6. The minimum absolute atomic E-state index is 0.0845. The van der Waals surface area contributed by atoms with Gasteiger partial charge in [-0.25, -0.2) is 13.2 Å². The van der Waals surface area contributed by atoms with Crippen molar-refractivity contribution in [3.05, 3.63) is 29.8 Å². The molecule has 1 saturated heterocycles. The molecule has 0 radical (unpaired) electrons. The first-order valence-corrected chi connectivity index (χ1v) is 14.1. The molecule has 1 heterocycles. The lowest BCUT2D eigenvalue weighted by atomic mass is 9.53. The molecule has 8 heteroatoms. The number of carbonyl (C=O) groups excluding carboxylic acids is 2. The minimum atomic E-state index is -3.70. The number of amides is 1. The first kappa shape index (κ1) is 23.8. The van der Waals surface area contributed by atoms with Crippen LogP contribution in [0.15, 0.2) is 29.2 Å². The average molecular weight is 489 g/mol. The number of sulfonamides is 1. The average Bonchev–Trinajstić information content (AvgIpc) is 2.75. The lowest BCUT2D eigenvalue weighted by Gasteiger charge is -2.56. The van der Waals surface area contributed by atoms with Crippen LogP contribution in [0.2, 0.25) is 0 Å². The van der Waals surface area contributed by atoms with Crippen LogP contribution < -0.4 is 5.32 Å². The van der Waals surface area contributed by atoms with Gasteiger partial charge in [-0.1, -0.05) is 19.9 Å². The molecule has 4 aliphatic carbocycles. The van der Waals surface area contributed by atoms with Crippen molar-refractivity contribution in [2.24, 2.45) is 29.6 Å². The van der Waals surface area contributed by atoms with Crippen molar-refractivity contribution in [2.45, 2.75) is 69.2 Å². The van der Waals surface area contributed by atoms with Crippen molar-refractivity contribution in [1.82, 2.24) is 9.62 Å². The van der Waals surface area contributed by atoms with E-state index in [0.717, 1.165) is 25.7 Å². The molecule has 7 nitrogen and oxygen atoms in total. The van der Waals surface area contributed by atoms with Gasteiger partial charge in [-0.3, -0.25) is 4.79 Å². The maximum Gasteiger partial charge on any atom is 0.338 e. The van der Waals surface area contributed by atoms with Gasteiger partial charge in [0.15, 0.2) is 6.61 Å². The molecule has 2 atom stereocenters. The third-order valence-electron chi connectivity index (χ3n) is 8.32. The van der Waals surface area contributed by atoms with Crippen LogP contribution in [0.1, 0.15) is 69.2 Å². The van der Waals surface area contributed by atoms with Gasteiger partial charge >= 0.3 is 5.97 Å². The molecule has 0 aromatic heterocycles. The fourth-order valence-electron chi connectivity index (χ4n) is 7.54. The van der Waals surface area contributed by atoms with E-state index in [1.54, 1.807) is 6.07 Å². The Kier molecular flexibility index (Phi) is 6.25. The monoisotopic (exact) mass is 488 g/mol. The van der Waals surface area contributed by atoms with Crippen molar-refractivity contribution in [1.29, 1.82) is 0 Å². The molecule has 1 aromatic carbocycles. The Balaban J connectivity index is 1.20. The Morgan fingerprint density at radius 2 is 1.59 bits per heavy atom. The van der Waals surface area contributed by atoms with E-state index in [-0.39, 0.29) is 28.5 Å². The summed E-state index contributed by atoms with van der Waals surface area (Å²) in [5.74, 6) is 1.77. The van der Waals surface area contributed by atoms with E-state index in [9.17, 15) is 18.0 Å². The molecule has 1 N–H and O–H groups in total. The van der Waals surface area contributed by atoms with Crippen LogP contribution >= 0.6 is 0 Å². The third-order valence-corrected chi connectivity index (χ3v) is 10.1. The maximum absolute atomic E-state index is 13.2. The minimum Gasteiger partial charge on any atom is -0.452 e. The highest BCUT2D eigenvalue weighted by Gasteiger charge is 2.51. The van der Waals surface area contributed by atoms with E-state index >= 15 is 0 Å². The van der Waals surface area contributed by atoms with Gasteiger partial charge in [0.2, 0.25) is 10.0 Å². The van der Waals surface area contributed by atoms with Crippen LogP contribution in [0, 0.1) is 29.6 Å². The first-order valence-electron chi connectivity index (χ1n) is 12.7. The summed E-state index contributed by atoms with van der Waals surface area (Å²) in [5.41, 5.74) is 0.0105. The summed E-state index contributed by atoms with van der Waals surface area (Å²) in [7, 11) is -3.70. The summed E-state index contributed by atoms with van der Waals surface area (Å²) in [6.07, 6.45) is 7.98. The summed E-state index contributed by atoms with van der Waals surface area (Å²) in [5, 5.41) is 3.20. The molecule has 6 rings (SSSR count). The summed E-state index contributed by atoms with van der Waals surface area (Å²) < 4.78 is 33.2. The fourth-order valence-corrected chi connectivity index (χ4v) is 9.27. The van der Waals surface area contributed by atoms with E-state index in [4.69, 9.17) is 4.74 Å². The van der Waals surface area contributed by atoms with Crippen molar-refractivity contribution in [3.8, 4) is 0 Å². The maximum atomic E-state index is 13.2. The second-order valence-electron chi connectivity index (χ2n) is 11.6. The van der Waals surface area contributed by atoms with Gasteiger partial charge in [-0.05, 0) is 92.7 Å². The summed E-state index contributed by atoms with van der Waals surface area (Å²) in [6, 6.07) is 5.95. The largest absolute Gasteiger partial charge is 0.452 e. The molecule has 1 amide bonds. The van der Waals surface area contributed by atoms with Gasteiger partial charge in [-0.2, -0.15) is 4.31 Å². The number of nitrogens with zero attached hydrogens (tertiary/aromatic N) is 1. The van der Waals surface area contributed by atoms with E-state index in [1.165, 1.54) is 41.8 Å². The Morgan fingerprint density at radius 1 is 1.00 bits per heavy atom. The molecule has 0 unspecified atom stereocenters. The Bertz CT molecular complexity index is 1020. The van der Waals surface area contributed by atoms with E-state index in [0.29, 0.717) is 42.7 Å². The molecule has 4 saturated carbocycles. The van der Waals surface area contributed by atoms with E-state index in [2.05, 4.69) is 19.2 Å². The van der Waals surface area contributed by atoms with Gasteiger partial charge in [0.1, 0.15) is 0 Å². The van der Waals surface area contributed by atoms with Crippen LogP contribution in [0.5, 0.6) is 0 Å². The molecular weight excluding hydrogens is 452 g/mol. The third kappa shape index (κ3) is 4.76. The zero-order valence-corrected chi connectivity index (χ0v) is 21.0. The van der Waals surface area contributed by atoms with Crippen molar-refractivity contribution < 1.29 is 22.7 Å². The molecule has 4 bridgehead atoms. The molecule has 1 aliphatic heterocycles. The quantitative estimate of drug-likeness (QED) is 0.618. The fraction of sp³-hybridized carbons (Fsp3) is 0.692. The van der Waals surface area contributed by atoms with Gasteiger partial charge < -0.3 is 10.1 Å². The summed E-state index contributed by atoms with van der Waals surface area (Å²) >= 11 is 0. The number of hydrogen-bond donors (Lipinski definition) is 1. The topological polar surface area (TPSA) is 92.8 Å². The molecule has 186 valence electrons. The second kappa shape index (κ2) is 8.94. The van der Waals surface area contributed by atoms with Crippen LogP contribution in [-0.2, 0) is 19.6 Å². The lowest BCUT2D eigenvalue weighted by Crippen LogP contribution is -2.60. The summed E-state index contributed by atoms with van der Waals surface area (Å²) in [4.78, 5) is 25.4. The number of carbonyl (C=O) groups is 2. The van der Waals surface area contributed by atoms with Gasteiger partial charge in [0, 0.05) is 18.6 Å². The number of hydrogen-bond acceptors (Lipinski definition) is 5. The molecule has 0 spiro atoms. The Hall–Kier alpha value is -1.93.